The molecule has 2 aromatic heterocycles. The van der Waals surface area contributed by atoms with E-state index in [0.29, 0.717) is 6.01 Å². The molecular formula is C5H4N4O. The summed E-state index contributed by atoms with van der Waals surface area (Å²) in [6.07, 6.45) is 6.24. The zero-order valence-corrected chi connectivity index (χ0v) is 5.01. The average molecular weight is 136 g/mol. The van der Waals surface area contributed by atoms with Gasteiger partial charge in [-0.05, 0) is 0 Å². The van der Waals surface area contributed by atoms with Gasteiger partial charge in [-0.25, -0.2) is 4.98 Å². The third-order valence-corrected chi connectivity index (χ3v) is 1.07. The largest absolute Gasteiger partial charge is 0.410 e. The van der Waals surface area contributed by atoms with Crippen LogP contribution in [0.25, 0.3) is 6.01 Å². The SMILES string of the molecule is c1cn(-c2nnco2)cn1. The molecule has 0 saturated heterocycles. The topological polar surface area (TPSA) is 56.7 Å². The predicted molar refractivity (Wildman–Crippen MR) is 31.4 cm³/mol. The third kappa shape index (κ3) is 0.680. The first-order valence-electron chi connectivity index (χ1n) is 2.71. The minimum atomic E-state index is 0.428. The Morgan fingerprint density at radius 2 is 2.50 bits per heavy atom. The molecule has 0 saturated carbocycles. The van der Waals surface area contributed by atoms with E-state index < -0.39 is 0 Å². The second kappa shape index (κ2) is 1.94. The van der Waals surface area contributed by atoms with Crippen molar-refractivity contribution in [3.63, 3.8) is 0 Å². The Morgan fingerprint density at radius 1 is 1.50 bits per heavy atom. The van der Waals surface area contributed by atoms with Crippen molar-refractivity contribution in [2.75, 3.05) is 0 Å². The van der Waals surface area contributed by atoms with E-state index in [1.165, 1.54) is 6.39 Å². The summed E-state index contributed by atoms with van der Waals surface area (Å²) < 4.78 is 6.51. The van der Waals surface area contributed by atoms with E-state index in [0.717, 1.165) is 0 Å². The summed E-state index contributed by atoms with van der Waals surface area (Å²) in [7, 11) is 0. The molecule has 10 heavy (non-hydrogen) atoms. The van der Waals surface area contributed by atoms with Crippen LogP contribution >= 0.6 is 0 Å². The molecule has 0 radical (unpaired) electrons. The summed E-state index contributed by atoms with van der Waals surface area (Å²) in [5.74, 6) is 0. The second-order valence-electron chi connectivity index (χ2n) is 1.69. The maximum atomic E-state index is 4.88. The number of aromatic nitrogens is 4. The third-order valence-electron chi connectivity index (χ3n) is 1.07. The second-order valence-corrected chi connectivity index (χ2v) is 1.69. The molecule has 2 aromatic rings. The molecule has 5 heteroatoms. The highest BCUT2D eigenvalue weighted by atomic mass is 16.4. The van der Waals surface area contributed by atoms with Crippen LogP contribution in [-0.4, -0.2) is 19.7 Å². The number of nitrogens with zero attached hydrogens (tertiary/aromatic N) is 4. The van der Waals surface area contributed by atoms with Gasteiger partial charge in [-0.2, -0.15) is 0 Å². The summed E-state index contributed by atoms with van der Waals surface area (Å²) in [6, 6.07) is 0.428. The van der Waals surface area contributed by atoms with Crippen molar-refractivity contribution in [1.29, 1.82) is 0 Å². The molecule has 0 fully saturated rings. The van der Waals surface area contributed by atoms with Gasteiger partial charge in [0.1, 0.15) is 6.33 Å². The van der Waals surface area contributed by atoms with Gasteiger partial charge in [-0.1, -0.05) is 5.10 Å². The molecule has 5 nitrogen and oxygen atoms in total. The van der Waals surface area contributed by atoms with Gasteiger partial charge in [-0.3, -0.25) is 4.57 Å². The van der Waals surface area contributed by atoms with E-state index in [1.807, 2.05) is 0 Å². The molecule has 0 unspecified atom stereocenters. The Hall–Kier alpha value is -1.65. The van der Waals surface area contributed by atoms with Crippen LogP contribution in [-0.2, 0) is 0 Å². The van der Waals surface area contributed by atoms with Crippen molar-refractivity contribution in [3.05, 3.63) is 25.1 Å². The number of imidazole rings is 1. The predicted octanol–water partition coefficient (Wildman–Crippen LogP) is 0.255. The van der Waals surface area contributed by atoms with Gasteiger partial charge in [0.05, 0.1) is 0 Å². The molecule has 2 rings (SSSR count). The zero-order chi connectivity index (χ0) is 6.81. The maximum absolute atomic E-state index is 4.88. The lowest BCUT2D eigenvalue weighted by Crippen LogP contribution is -1.88. The van der Waals surface area contributed by atoms with Gasteiger partial charge in [0, 0.05) is 12.4 Å². The van der Waals surface area contributed by atoms with Crippen molar-refractivity contribution in [3.8, 4) is 6.01 Å². The quantitative estimate of drug-likeness (QED) is 0.564. The number of hydrogen-bond acceptors (Lipinski definition) is 4. The molecule has 0 N–H and O–H groups in total. The molecule has 0 aliphatic carbocycles. The zero-order valence-electron chi connectivity index (χ0n) is 5.01. The summed E-state index contributed by atoms with van der Waals surface area (Å²) in [4.78, 5) is 3.81. The highest BCUT2D eigenvalue weighted by Gasteiger charge is 1.97. The van der Waals surface area contributed by atoms with Crippen LogP contribution in [0.1, 0.15) is 0 Å². The van der Waals surface area contributed by atoms with Gasteiger partial charge in [0.25, 0.3) is 0 Å². The van der Waals surface area contributed by atoms with Crippen molar-refractivity contribution < 1.29 is 4.42 Å². The van der Waals surface area contributed by atoms with E-state index in [4.69, 9.17) is 4.42 Å². The van der Waals surface area contributed by atoms with Crippen molar-refractivity contribution >= 4 is 0 Å². The van der Waals surface area contributed by atoms with Crippen molar-refractivity contribution in [2.24, 2.45) is 0 Å². The van der Waals surface area contributed by atoms with E-state index in [-0.39, 0.29) is 0 Å². The van der Waals surface area contributed by atoms with Crippen LogP contribution in [0.3, 0.4) is 0 Å². The fourth-order valence-electron chi connectivity index (χ4n) is 0.652. The van der Waals surface area contributed by atoms with Crippen LogP contribution in [0.15, 0.2) is 29.5 Å². The minimum Gasteiger partial charge on any atom is -0.410 e. The van der Waals surface area contributed by atoms with E-state index >= 15 is 0 Å². The molecule has 0 aromatic carbocycles. The van der Waals surface area contributed by atoms with Crippen LogP contribution < -0.4 is 0 Å². The highest BCUT2D eigenvalue weighted by Crippen LogP contribution is 1.98. The lowest BCUT2D eigenvalue weighted by Gasteiger charge is -1.87. The van der Waals surface area contributed by atoms with E-state index in [9.17, 15) is 0 Å². The Balaban J connectivity index is 2.48. The first kappa shape index (κ1) is 5.16. The van der Waals surface area contributed by atoms with Gasteiger partial charge in [-0.15, -0.1) is 5.10 Å². The molecule has 0 aliphatic heterocycles. The van der Waals surface area contributed by atoms with E-state index in [1.54, 1.807) is 23.3 Å². The minimum absolute atomic E-state index is 0.428. The van der Waals surface area contributed by atoms with Crippen LogP contribution in [0.5, 0.6) is 0 Å². The molecule has 0 atom stereocenters. The smallest absolute Gasteiger partial charge is 0.327 e. The summed E-state index contributed by atoms with van der Waals surface area (Å²) >= 11 is 0. The molecule has 0 bridgehead atoms. The van der Waals surface area contributed by atoms with Crippen LogP contribution in [0.2, 0.25) is 0 Å². The van der Waals surface area contributed by atoms with E-state index in [2.05, 4.69) is 15.2 Å². The van der Waals surface area contributed by atoms with Gasteiger partial charge < -0.3 is 4.42 Å². The molecule has 0 amide bonds. The van der Waals surface area contributed by atoms with Crippen molar-refractivity contribution in [2.45, 2.75) is 0 Å². The summed E-state index contributed by atoms with van der Waals surface area (Å²) in [6.45, 7) is 0. The Labute approximate surface area is 56.3 Å². The fourth-order valence-corrected chi connectivity index (χ4v) is 0.652. The van der Waals surface area contributed by atoms with Gasteiger partial charge in [0.15, 0.2) is 0 Å². The van der Waals surface area contributed by atoms with Crippen LogP contribution in [0, 0.1) is 0 Å². The highest BCUT2D eigenvalue weighted by molar-refractivity contribution is 5.01. The normalized spacial score (nSPS) is 10.0. The molecule has 2 heterocycles. The Morgan fingerprint density at radius 3 is 3.10 bits per heavy atom. The van der Waals surface area contributed by atoms with Gasteiger partial charge >= 0.3 is 6.01 Å². The first-order chi connectivity index (χ1) is 4.97. The monoisotopic (exact) mass is 136 g/mol. The summed E-state index contributed by atoms with van der Waals surface area (Å²) in [5, 5.41) is 7.18. The lowest BCUT2D eigenvalue weighted by atomic mass is 10.9. The van der Waals surface area contributed by atoms with Gasteiger partial charge in [0.2, 0.25) is 6.39 Å². The van der Waals surface area contributed by atoms with Crippen LogP contribution in [0.4, 0.5) is 0 Å². The Bertz CT molecular complexity index is 253. The Kier molecular flexibility index (Phi) is 1.00. The average Bonchev–Trinajstić information content (AvgIpc) is 2.59. The standard InChI is InChI=1S/C5H4N4O/c1-2-9(3-6-1)5-8-7-4-10-5/h1-4H. The maximum Gasteiger partial charge on any atom is 0.327 e. The lowest BCUT2D eigenvalue weighted by molar-refractivity contribution is 0.524. The number of hydrogen-bond donors (Lipinski definition) is 0. The fraction of sp³-hybridized carbons (Fsp3) is 0. The van der Waals surface area contributed by atoms with Crippen molar-refractivity contribution in [1.82, 2.24) is 19.7 Å². The molecular weight excluding hydrogens is 132 g/mol. The molecule has 0 aliphatic rings. The number of rotatable bonds is 1. The molecule has 0 spiro atoms. The molecule has 50 valence electrons. The first-order valence-corrected chi connectivity index (χ1v) is 2.71. The summed E-state index contributed by atoms with van der Waals surface area (Å²) in [5.41, 5.74) is 0.